The highest BCUT2D eigenvalue weighted by molar-refractivity contribution is 6.00. The predicted octanol–water partition coefficient (Wildman–Crippen LogP) is 5.31. The van der Waals surface area contributed by atoms with Crippen molar-refractivity contribution < 1.29 is 14.3 Å². The molecule has 1 heterocycles. The Morgan fingerprint density at radius 3 is 2.33 bits per heavy atom. The van der Waals surface area contributed by atoms with Gasteiger partial charge in [0.25, 0.3) is 0 Å². The van der Waals surface area contributed by atoms with Crippen molar-refractivity contribution in [1.82, 2.24) is 9.78 Å². The first-order valence-electron chi connectivity index (χ1n) is 9.64. The van der Waals surface area contributed by atoms with Crippen LogP contribution in [0.4, 0.5) is 0 Å². The molecule has 0 saturated carbocycles. The Balaban J connectivity index is 1.48. The number of ketones is 1. The molecular weight excluding hydrogens is 376 g/mol. The average molecular weight is 398 g/mol. The summed E-state index contributed by atoms with van der Waals surface area (Å²) in [7, 11) is 3.45. The molecule has 3 aromatic carbocycles. The Hall–Kier alpha value is -3.86. The zero-order valence-electron chi connectivity index (χ0n) is 16.9. The number of carbonyl (C=O) groups excluding carboxylic acids is 1. The molecule has 5 heteroatoms. The average Bonchev–Trinajstić information content (AvgIpc) is 3.21. The number of benzene rings is 3. The lowest BCUT2D eigenvalue weighted by atomic mass is 9.99. The first-order valence-corrected chi connectivity index (χ1v) is 9.64. The van der Waals surface area contributed by atoms with Crippen LogP contribution < -0.4 is 9.47 Å². The molecule has 0 amide bonds. The molecule has 1 aromatic heterocycles. The summed E-state index contributed by atoms with van der Waals surface area (Å²) in [6, 6.07) is 22.8. The molecule has 0 fully saturated rings. The minimum Gasteiger partial charge on any atom is -0.496 e. The lowest BCUT2D eigenvalue weighted by Crippen LogP contribution is -2.06. The molecule has 0 unspecified atom stereocenters. The van der Waals surface area contributed by atoms with Gasteiger partial charge in [0.1, 0.15) is 17.2 Å². The number of Topliss-reactive ketones (excluding diaryl/α,β-unsaturated/α-hetero) is 1. The smallest absolute Gasteiger partial charge is 0.170 e. The Kier molecular flexibility index (Phi) is 5.61. The number of ether oxygens (including phenoxy) is 2. The van der Waals surface area contributed by atoms with Crippen LogP contribution >= 0.6 is 0 Å². The van der Waals surface area contributed by atoms with Crippen molar-refractivity contribution in [3.63, 3.8) is 0 Å². The van der Waals surface area contributed by atoms with E-state index in [4.69, 9.17) is 9.47 Å². The van der Waals surface area contributed by atoms with Crippen molar-refractivity contribution in [3.05, 3.63) is 96.3 Å². The lowest BCUT2D eigenvalue weighted by Gasteiger charge is -2.10. The minimum absolute atomic E-state index is 0.00122. The van der Waals surface area contributed by atoms with E-state index in [1.807, 2.05) is 86.0 Å². The van der Waals surface area contributed by atoms with Crippen molar-refractivity contribution in [2.45, 2.75) is 6.42 Å². The molecule has 0 saturated heterocycles. The van der Waals surface area contributed by atoms with E-state index in [0.29, 0.717) is 11.3 Å². The number of aryl methyl sites for hydroxylation is 1. The van der Waals surface area contributed by atoms with Crippen molar-refractivity contribution in [1.29, 1.82) is 0 Å². The quantitative estimate of drug-likeness (QED) is 0.396. The molecule has 150 valence electrons. The van der Waals surface area contributed by atoms with Crippen molar-refractivity contribution in [2.75, 3.05) is 7.11 Å². The van der Waals surface area contributed by atoms with Crippen LogP contribution in [0.25, 0.3) is 11.1 Å². The third-order valence-electron chi connectivity index (χ3n) is 4.81. The summed E-state index contributed by atoms with van der Waals surface area (Å²) in [6.07, 6.45) is 4.00. The molecule has 0 aliphatic carbocycles. The largest absolute Gasteiger partial charge is 0.496 e. The molecule has 0 spiro atoms. The highest BCUT2D eigenvalue weighted by Gasteiger charge is 2.15. The maximum atomic E-state index is 12.9. The van der Waals surface area contributed by atoms with E-state index < -0.39 is 0 Å². The van der Waals surface area contributed by atoms with Gasteiger partial charge in [0.15, 0.2) is 5.78 Å². The fraction of sp³-hybridized carbons (Fsp3) is 0.120. The van der Waals surface area contributed by atoms with E-state index in [1.165, 1.54) is 0 Å². The molecule has 0 aliphatic rings. The molecule has 30 heavy (non-hydrogen) atoms. The Morgan fingerprint density at radius 1 is 0.933 bits per heavy atom. The second-order valence-corrected chi connectivity index (χ2v) is 6.98. The second kappa shape index (κ2) is 8.66. The number of nitrogens with zero attached hydrogens (tertiary/aromatic N) is 2. The van der Waals surface area contributed by atoms with Gasteiger partial charge in [0.2, 0.25) is 0 Å². The van der Waals surface area contributed by atoms with Crippen LogP contribution in [-0.4, -0.2) is 22.7 Å². The molecule has 0 aliphatic heterocycles. The first kappa shape index (κ1) is 19.5. The monoisotopic (exact) mass is 398 g/mol. The number of rotatable bonds is 7. The van der Waals surface area contributed by atoms with Crippen LogP contribution in [0.5, 0.6) is 17.2 Å². The number of methoxy groups -OCH3 is 1. The SMILES string of the molecule is COc1cc(-c2cnn(C)c2)ccc1C(=O)Cc1ccc(Oc2ccccc2)cc1. The number of carbonyl (C=O) groups is 1. The van der Waals surface area contributed by atoms with E-state index in [-0.39, 0.29) is 12.2 Å². The van der Waals surface area contributed by atoms with Crippen LogP contribution in [-0.2, 0) is 13.5 Å². The maximum Gasteiger partial charge on any atom is 0.170 e. The Morgan fingerprint density at radius 2 is 1.67 bits per heavy atom. The van der Waals surface area contributed by atoms with Crippen molar-refractivity contribution in [3.8, 4) is 28.4 Å². The van der Waals surface area contributed by atoms with E-state index in [1.54, 1.807) is 18.0 Å². The number of hydrogen-bond donors (Lipinski definition) is 0. The van der Waals surface area contributed by atoms with Gasteiger partial charge < -0.3 is 9.47 Å². The van der Waals surface area contributed by atoms with Crippen LogP contribution in [0.3, 0.4) is 0 Å². The van der Waals surface area contributed by atoms with Gasteiger partial charge in [-0.1, -0.05) is 36.4 Å². The highest BCUT2D eigenvalue weighted by atomic mass is 16.5. The molecule has 0 atom stereocenters. The molecule has 4 rings (SSSR count). The van der Waals surface area contributed by atoms with Gasteiger partial charge in [0, 0.05) is 25.2 Å². The zero-order chi connectivity index (χ0) is 20.9. The number of aromatic nitrogens is 2. The molecule has 5 nitrogen and oxygen atoms in total. The third-order valence-corrected chi connectivity index (χ3v) is 4.81. The second-order valence-electron chi connectivity index (χ2n) is 6.98. The van der Waals surface area contributed by atoms with E-state index >= 15 is 0 Å². The molecule has 0 radical (unpaired) electrons. The summed E-state index contributed by atoms with van der Waals surface area (Å²) in [5.41, 5.74) is 3.41. The van der Waals surface area contributed by atoms with E-state index in [2.05, 4.69) is 5.10 Å². The van der Waals surface area contributed by atoms with E-state index in [9.17, 15) is 4.79 Å². The summed E-state index contributed by atoms with van der Waals surface area (Å²) < 4.78 is 13.0. The Labute approximate surface area is 175 Å². The fourth-order valence-corrected chi connectivity index (χ4v) is 3.25. The summed E-state index contributed by atoms with van der Waals surface area (Å²) in [5.74, 6) is 2.07. The molecule has 0 bridgehead atoms. The standard InChI is InChI=1S/C25H22N2O3/c1-27-17-20(16-26-27)19-10-13-23(25(15-19)29-2)24(28)14-18-8-11-22(12-9-18)30-21-6-4-3-5-7-21/h3-13,15-17H,14H2,1-2H3. The molecule has 0 N–H and O–H groups in total. The Bertz CT molecular complexity index is 1150. The van der Waals surface area contributed by atoms with Crippen LogP contribution in [0, 0.1) is 0 Å². The number of para-hydroxylation sites is 1. The fourth-order valence-electron chi connectivity index (χ4n) is 3.25. The maximum absolute atomic E-state index is 12.9. The predicted molar refractivity (Wildman–Crippen MR) is 116 cm³/mol. The number of hydrogen-bond acceptors (Lipinski definition) is 4. The van der Waals surface area contributed by atoms with Gasteiger partial charge in [-0.05, 0) is 47.5 Å². The van der Waals surface area contributed by atoms with Crippen molar-refractivity contribution in [2.24, 2.45) is 7.05 Å². The van der Waals surface area contributed by atoms with Gasteiger partial charge in [-0.15, -0.1) is 0 Å². The van der Waals surface area contributed by atoms with Gasteiger partial charge >= 0.3 is 0 Å². The van der Waals surface area contributed by atoms with Crippen molar-refractivity contribution >= 4 is 5.78 Å². The summed E-state index contributed by atoms with van der Waals surface area (Å²) in [6.45, 7) is 0. The highest BCUT2D eigenvalue weighted by Crippen LogP contribution is 2.28. The topological polar surface area (TPSA) is 53.4 Å². The zero-order valence-corrected chi connectivity index (χ0v) is 16.9. The molecular formula is C25H22N2O3. The van der Waals surface area contributed by atoms with E-state index in [0.717, 1.165) is 28.2 Å². The van der Waals surface area contributed by atoms with Crippen LogP contribution in [0.2, 0.25) is 0 Å². The van der Waals surface area contributed by atoms with Gasteiger partial charge in [-0.2, -0.15) is 5.10 Å². The van der Waals surface area contributed by atoms with Crippen LogP contribution in [0.1, 0.15) is 15.9 Å². The summed E-state index contributed by atoms with van der Waals surface area (Å²) in [4.78, 5) is 12.9. The summed E-state index contributed by atoms with van der Waals surface area (Å²) in [5, 5.41) is 4.19. The summed E-state index contributed by atoms with van der Waals surface area (Å²) >= 11 is 0. The van der Waals surface area contributed by atoms with Gasteiger partial charge in [-0.3, -0.25) is 9.48 Å². The van der Waals surface area contributed by atoms with Crippen LogP contribution in [0.15, 0.2) is 85.2 Å². The normalized spacial score (nSPS) is 10.6. The van der Waals surface area contributed by atoms with Gasteiger partial charge in [-0.25, -0.2) is 0 Å². The minimum atomic E-state index is 0.00122. The lowest BCUT2D eigenvalue weighted by molar-refractivity contribution is 0.0990. The van der Waals surface area contributed by atoms with Gasteiger partial charge in [0.05, 0.1) is 18.9 Å². The third kappa shape index (κ3) is 4.41. The first-order chi connectivity index (χ1) is 14.6. The molecule has 4 aromatic rings.